The minimum Gasteiger partial charge on any atom is -0.485 e. The minimum absolute atomic E-state index is 0.443. The largest absolute Gasteiger partial charge is 0.485 e. The minimum atomic E-state index is 0.443. The number of nitrogens with zero attached hydrogens (tertiary/aromatic N) is 2. The molecule has 0 amide bonds. The summed E-state index contributed by atoms with van der Waals surface area (Å²) in [7, 11) is 0. The molecule has 4 nitrogen and oxygen atoms in total. The summed E-state index contributed by atoms with van der Waals surface area (Å²) in [4.78, 5) is 4.35. The summed E-state index contributed by atoms with van der Waals surface area (Å²) in [6.45, 7) is 0.893. The molecule has 2 N–H and O–H groups in total. The average Bonchev–Trinajstić information content (AvgIpc) is 2.89. The molecule has 0 saturated carbocycles. The maximum absolute atomic E-state index is 5.96. The summed E-state index contributed by atoms with van der Waals surface area (Å²) in [6.07, 6.45) is 3.69. The fraction of sp³-hybridized carbons (Fsp3) is 0.133. The van der Waals surface area contributed by atoms with Gasteiger partial charge in [0.05, 0.1) is 11.9 Å². The number of nitrogens with two attached hydrogens (primary N) is 1. The van der Waals surface area contributed by atoms with E-state index in [0.717, 1.165) is 22.7 Å². The van der Waals surface area contributed by atoms with E-state index in [1.165, 1.54) is 0 Å². The van der Waals surface area contributed by atoms with Crippen molar-refractivity contribution in [3.05, 3.63) is 65.1 Å². The normalized spacial score (nSPS) is 10.9. The summed E-state index contributed by atoms with van der Waals surface area (Å²) in [5.41, 5.74) is 8.42. The number of hydrogen-bond acceptors (Lipinski definition) is 3. The highest BCUT2D eigenvalue weighted by molar-refractivity contribution is 6.30. The Morgan fingerprint density at radius 2 is 2.15 bits per heavy atom. The number of hydrogen-bond donors (Lipinski definition) is 1. The first kappa shape index (κ1) is 13.0. The molecule has 2 aromatic heterocycles. The van der Waals surface area contributed by atoms with Gasteiger partial charge in [-0.1, -0.05) is 23.7 Å². The lowest BCUT2D eigenvalue weighted by atomic mass is 10.2. The lowest BCUT2D eigenvalue weighted by Crippen LogP contribution is -2.02. The van der Waals surface area contributed by atoms with Crippen LogP contribution >= 0.6 is 11.6 Å². The lowest BCUT2D eigenvalue weighted by molar-refractivity contribution is 0.308. The molecule has 20 heavy (non-hydrogen) atoms. The molecule has 0 fully saturated rings. The Bertz CT molecular complexity index is 739. The highest BCUT2D eigenvalue weighted by Crippen LogP contribution is 2.21. The maximum Gasteiger partial charge on any atom is 0.179 e. The van der Waals surface area contributed by atoms with Gasteiger partial charge in [-0.3, -0.25) is 4.40 Å². The summed E-state index contributed by atoms with van der Waals surface area (Å²) in [5, 5.41) is 0.704. The van der Waals surface area contributed by atoms with E-state index in [-0.39, 0.29) is 0 Å². The third kappa shape index (κ3) is 2.48. The lowest BCUT2D eigenvalue weighted by Gasteiger charge is -2.08. The van der Waals surface area contributed by atoms with Crippen LogP contribution in [-0.2, 0) is 13.2 Å². The highest BCUT2D eigenvalue weighted by atomic mass is 35.5. The van der Waals surface area contributed by atoms with Crippen LogP contribution in [0.15, 0.2) is 48.8 Å². The quantitative estimate of drug-likeness (QED) is 0.802. The van der Waals surface area contributed by atoms with Crippen molar-refractivity contribution in [2.75, 3.05) is 0 Å². The van der Waals surface area contributed by atoms with Crippen molar-refractivity contribution in [2.24, 2.45) is 5.73 Å². The molecule has 0 radical (unpaired) electrons. The number of fused-ring (bicyclic) bond motifs is 1. The number of imidazole rings is 1. The molecule has 3 rings (SSSR count). The molecule has 3 aromatic rings. The zero-order valence-electron chi connectivity index (χ0n) is 10.8. The molecule has 0 aliphatic rings. The first-order chi connectivity index (χ1) is 9.78. The van der Waals surface area contributed by atoms with Crippen LogP contribution in [-0.4, -0.2) is 9.38 Å². The molecule has 5 heteroatoms. The van der Waals surface area contributed by atoms with Gasteiger partial charge in [-0.25, -0.2) is 4.98 Å². The highest BCUT2D eigenvalue weighted by Gasteiger charge is 2.07. The zero-order valence-corrected chi connectivity index (χ0v) is 11.5. The van der Waals surface area contributed by atoms with E-state index in [9.17, 15) is 0 Å². The molecule has 1 aromatic carbocycles. The molecular formula is C15H14ClN3O. The third-order valence-corrected chi connectivity index (χ3v) is 3.30. The van der Waals surface area contributed by atoms with Crippen LogP contribution in [0.3, 0.4) is 0 Å². The first-order valence-corrected chi connectivity index (χ1v) is 6.68. The number of ether oxygens (including phenoxy) is 1. The van der Waals surface area contributed by atoms with Crippen molar-refractivity contribution in [3.63, 3.8) is 0 Å². The molecule has 0 saturated heterocycles. The van der Waals surface area contributed by atoms with Gasteiger partial charge in [0, 0.05) is 17.8 Å². The number of halogens is 1. The van der Waals surface area contributed by atoms with Crippen LogP contribution in [0, 0.1) is 0 Å². The standard InChI is InChI=1S/C15H14ClN3O/c16-12-4-1-3-11(7-12)10-20-14-5-2-6-19-13(8-17)9-18-15(14)19/h1-7,9H,8,10,17H2. The zero-order chi connectivity index (χ0) is 13.9. The van der Waals surface area contributed by atoms with Gasteiger partial charge in [0.1, 0.15) is 6.61 Å². The van der Waals surface area contributed by atoms with Crippen molar-refractivity contribution in [2.45, 2.75) is 13.2 Å². The van der Waals surface area contributed by atoms with Crippen molar-refractivity contribution in [3.8, 4) is 5.75 Å². The fourth-order valence-electron chi connectivity index (χ4n) is 2.09. The Kier molecular flexibility index (Phi) is 3.58. The number of rotatable bonds is 4. The predicted molar refractivity (Wildman–Crippen MR) is 78.9 cm³/mol. The monoisotopic (exact) mass is 287 g/mol. The van der Waals surface area contributed by atoms with Gasteiger partial charge in [-0.2, -0.15) is 0 Å². The van der Waals surface area contributed by atoms with Crippen LogP contribution in [0.1, 0.15) is 11.3 Å². The van der Waals surface area contributed by atoms with Gasteiger partial charge < -0.3 is 10.5 Å². The number of aromatic nitrogens is 2. The van der Waals surface area contributed by atoms with Gasteiger partial charge >= 0.3 is 0 Å². The second kappa shape index (κ2) is 5.53. The Morgan fingerprint density at radius 1 is 1.25 bits per heavy atom. The van der Waals surface area contributed by atoms with Crippen LogP contribution in [0.5, 0.6) is 5.75 Å². The summed E-state index contributed by atoms with van der Waals surface area (Å²) in [5.74, 6) is 0.729. The van der Waals surface area contributed by atoms with E-state index >= 15 is 0 Å². The van der Waals surface area contributed by atoms with E-state index in [2.05, 4.69) is 4.98 Å². The maximum atomic E-state index is 5.96. The number of pyridine rings is 1. The molecule has 0 spiro atoms. The summed E-state index contributed by atoms with van der Waals surface area (Å²) in [6, 6.07) is 11.4. The van der Waals surface area contributed by atoms with E-state index in [0.29, 0.717) is 18.2 Å². The van der Waals surface area contributed by atoms with E-state index < -0.39 is 0 Å². The molecular weight excluding hydrogens is 274 g/mol. The van der Waals surface area contributed by atoms with Crippen LogP contribution in [0.2, 0.25) is 5.02 Å². The molecule has 0 bridgehead atoms. The number of benzene rings is 1. The Labute approximate surface area is 121 Å². The Morgan fingerprint density at radius 3 is 2.95 bits per heavy atom. The van der Waals surface area contributed by atoms with Crippen molar-refractivity contribution in [1.82, 2.24) is 9.38 Å². The Balaban J connectivity index is 1.86. The molecule has 0 unspecified atom stereocenters. The molecule has 102 valence electrons. The van der Waals surface area contributed by atoms with Gasteiger partial charge in [0.25, 0.3) is 0 Å². The topological polar surface area (TPSA) is 52.5 Å². The second-order valence-electron chi connectivity index (χ2n) is 4.44. The Hall–Kier alpha value is -2.04. The van der Waals surface area contributed by atoms with Crippen LogP contribution in [0.4, 0.5) is 0 Å². The first-order valence-electron chi connectivity index (χ1n) is 6.30. The average molecular weight is 288 g/mol. The second-order valence-corrected chi connectivity index (χ2v) is 4.87. The molecule has 2 heterocycles. The smallest absolute Gasteiger partial charge is 0.179 e. The van der Waals surface area contributed by atoms with Gasteiger partial charge in [0.15, 0.2) is 11.4 Å². The molecule has 0 aliphatic heterocycles. The van der Waals surface area contributed by atoms with E-state index in [1.54, 1.807) is 6.20 Å². The predicted octanol–water partition coefficient (Wildman–Crippen LogP) is 3.03. The van der Waals surface area contributed by atoms with Crippen LogP contribution in [0.25, 0.3) is 5.65 Å². The summed E-state index contributed by atoms with van der Waals surface area (Å²) >= 11 is 5.96. The SMILES string of the molecule is NCc1cnc2c(OCc3cccc(Cl)c3)cccn12. The molecule has 0 atom stereocenters. The van der Waals surface area contributed by atoms with Crippen LogP contribution < -0.4 is 10.5 Å². The molecule has 0 aliphatic carbocycles. The van der Waals surface area contributed by atoms with Crippen molar-refractivity contribution >= 4 is 17.2 Å². The van der Waals surface area contributed by atoms with Crippen molar-refractivity contribution in [1.29, 1.82) is 0 Å². The van der Waals surface area contributed by atoms with Gasteiger partial charge in [-0.05, 0) is 29.8 Å². The van der Waals surface area contributed by atoms with Gasteiger partial charge in [-0.15, -0.1) is 0 Å². The third-order valence-electron chi connectivity index (χ3n) is 3.07. The summed E-state index contributed by atoms with van der Waals surface area (Å²) < 4.78 is 7.77. The van der Waals surface area contributed by atoms with Gasteiger partial charge in [0.2, 0.25) is 0 Å². The van der Waals surface area contributed by atoms with Crippen molar-refractivity contribution < 1.29 is 4.74 Å². The fourth-order valence-corrected chi connectivity index (χ4v) is 2.30. The van der Waals surface area contributed by atoms with E-state index in [1.807, 2.05) is 47.0 Å². The van der Waals surface area contributed by atoms with E-state index in [4.69, 9.17) is 22.1 Å².